The largest absolute Gasteiger partial charge is 0.289 e. The van der Waals surface area contributed by atoms with Crippen molar-refractivity contribution in [2.75, 3.05) is 0 Å². The number of fused-ring (bicyclic) bond motifs is 1. The molecular weight excluding hydrogens is 236 g/mol. The molecule has 0 amide bonds. The summed E-state index contributed by atoms with van der Waals surface area (Å²) in [5.41, 5.74) is 4.63. The summed E-state index contributed by atoms with van der Waals surface area (Å²) in [6, 6.07) is 3.72. The summed E-state index contributed by atoms with van der Waals surface area (Å²) in [5, 5.41) is 0. The van der Waals surface area contributed by atoms with E-state index in [0.717, 1.165) is 24.0 Å². The number of unbranched alkanes of at least 4 members (excludes halogenated alkanes) is 1. The molecule has 0 unspecified atom stereocenters. The van der Waals surface area contributed by atoms with E-state index in [1.54, 1.807) is 6.92 Å². The van der Waals surface area contributed by atoms with Crippen LogP contribution in [0.3, 0.4) is 0 Å². The molecular formula is C17H20O2. The van der Waals surface area contributed by atoms with Gasteiger partial charge in [-0.05, 0) is 56.9 Å². The number of Topliss-reactive ketones (excluding diaryl/α,β-unsaturated/α-hetero) is 2. The number of ketones is 2. The molecule has 0 heterocycles. The molecule has 0 spiro atoms. The number of rotatable bonds is 3. The molecule has 2 rings (SSSR count). The van der Waals surface area contributed by atoms with Crippen LogP contribution < -0.4 is 0 Å². The first kappa shape index (κ1) is 13.7. The number of aryl methyl sites for hydroxylation is 2. The first-order valence-electron chi connectivity index (χ1n) is 6.87. The molecule has 1 aliphatic rings. The molecule has 0 saturated carbocycles. The van der Waals surface area contributed by atoms with Gasteiger partial charge in [-0.3, -0.25) is 9.59 Å². The molecule has 0 fully saturated rings. The van der Waals surface area contributed by atoms with Crippen molar-refractivity contribution in [3.63, 3.8) is 0 Å². The first-order chi connectivity index (χ1) is 8.97. The zero-order valence-electron chi connectivity index (χ0n) is 12.1. The molecule has 19 heavy (non-hydrogen) atoms. The van der Waals surface area contributed by atoms with E-state index in [-0.39, 0.29) is 11.6 Å². The van der Waals surface area contributed by atoms with Gasteiger partial charge in [0.1, 0.15) is 0 Å². The highest BCUT2D eigenvalue weighted by Gasteiger charge is 2.29. The van der Waals surface area contributed by atoms with Crippen LogP contribution in [-0.4, -0.2) is 11.6 Å². The van der Waals surface area contributed by atoms with E-state index in [1.165, 1.54) is 0 Å². The Labute approximate surface area is 114 Å². The van der Waals surface area contributed by atoms with Crippen molar-refractivity contribution < 1.29 is 9.59 Å². The monoisotopic (exact) mass is 256 g/mol. The Bertz CT molecular complexity index is 592. The SMILES string of the molecule is CCCCC1=C(C)C(=O)c2cc(C)c(C)cc2C1=O. The third kappa shape index (κ3) is 2.27. The van der Waals surface area contributed by atoms with E-state index in [1.807, 2.05) is 26.0 Å². The molecule has 2 nitrogen and oxygen atoms in total. The maximum atomic E-state index is 12.5. The molecule has 0 saturated heterocycles. The fourth-order valence-corrected chi connectivity index (χ4v) is 2.52. The summed E-state index contributed by atoms with van der Waals surface area (Å²) in [5.74, 6) is 0.0625. The van der Waals surface area contributed by atoms with Crippen molar-refractivity contribution in [2.45, 2.75) is 47.0 Å². The Balaban J connectivity index is 2.54. The van der Waals surface area contributed by atoms with Crippen LogP contribution in [0.4, 0.5) is 0 Å². The average Bonchev–Trinajstić information content (AvgIpc) is 2.39. The van der Waals surface area contributed by atoms with Crippen LogP contribution in [0.2, 0.25) is 0 Å². The topological polar surface area (TPSA) is 34.1 Å². The Morgan fingerprint density at radius 3 is 1.95 bits per heavy atom. The molecule has 2 heteroatoms. The predicted molar refractivity (Wildman–Crippen MR) is 76.8 cm³/mol. The maximum absolute atomic E-state index is 12.5. The molecule has 100 valence electrons. The minimum absolute atomic E-state index is 0.0174. The number of benzene rings is 1. The summed E-state index contributed by atoms with van der Waals surface area (Å²) in [4.78, 5) is 24.9. The van der Waals surface area contributed by atoms with Gasteiger partial charge in [-0.15, -0.1) is 0 Å². The van der Waals surface area contributed by atoms with Gasteiger partial charge in [0, 0.05) is 22.3 Å². The average molecular weight is 256 g/mol. The van der Waals surface area contributed by atoms with Gasteiger partial charge in [-0.1, -0.05) is 13.3 Å². The summed E-state index contributed by atoms with van der Waals surface area (Å²) in [7, 11) is 0. The van der Waals surface area contributed by atoms with Crippen molar-refractivity contribution in [1.82, 2.24) is 0 Å². The van der Waals surface area contributed by atoms with Crippen molar-refractivity contribution in [3.8, 4) is 0 Å². The number of allylic oxidation sites excluding steroid dienone is 2. The fourth-order valence-electron chi connectivity index (χ4n) is 2.52. The van der Waals surface area contributed by atoms with Crippen molar-refractivity contribution in [1.29, 1.82) is 0 Å². The third-order valence-electron chi connectivity index (χ3n) is 3.97. The van der Waals surface area contributed by atoms with Gasteiger partial charge < -0.3 is 0 Å². The first-order valence-corrected chi connectivity index (χ1v) is 6.87. The standard InChI is InChI=1S/C17H20O2/c1-5-6-7-13-12(4)16(18)14-8-10(2)11(3)9-15(14)17(13)19/h8-9H,5-7H2,1-4H3. The van der Waals surface area contributed by atoms with Gasteiger partial charge in [-0.25, -0.2) is 0 Å². The van der Waals surface area contributed by atoms with Gasteiger partial charge in [0.2, 0.25) is 0 Å². The van der Waals surface area contributed by atoms with Crippen LogP contribution in [0.1, 0.15) is 65.0 Å². The molecule has 0 aliphatic heterocycles. The van der Waals surface area contributed by atoms with Crippen LogP contribution in [0.15, 0.2) is 23.3 Å². The zero-order chi connectivity index (χ0) is 14.2. The van der Waals surface area contributed by atoms with E-state index in [0.29, 0.717) is 28.7 Å². The summed E-state index contributed by atoms with van der Waals surface area (Å²) < 4.78 is 0. The highest BCUT2D eigenvalue weighted by Crippen LogP contribution is 2.30. The number of hydrogen-bond acceptors (Lipinski definition) is 2. The molecule has 0 aromatic heterocycles. The summed E-state index contributed by atoms with van der Waals surface area (Å²) in [6.07, 6.45) is 2.68. The van der Waals surface area contributed by atoms with Gasteiger partial charge in [0.25, 0.3) is 0 Å². The minimum Gasteiger partial charge on any atom is -0.289 e. The Kier molecular flexibility index (Phi) is 3.70. The van der Waals surface area contributed by atoms with E-state index >= 15 is 0 Å². The van der Waals surface area contributed by atoms with Crippen LogP contribution in [0, 0.1) is 13.8 Å². The van der Waals surface area contributed by atoms with Crippen LogP contribution in [0.25, 0.3) is 0 Å². The quantitative estimate of drug-likeness (QED) is 0.812. The van der Waals surface area contributed by atoms with Crippen molar-refractivity contribution >= 4 is 11.6 Å². The van der Waals surface area contributed by atoms with Crippen LogP contribution in [-0.2, 0) is 0 Å². The van der Waals surface area contributed by atoms with E-state index in [4.69, 9.17) is 0 Å². The summed E-state index contributed by atoms with van der Waals surface area (Å²) in [6.45, 7) is 7.82. The zero-order valence-corrected chi connectivity index (χ0v) is 12.1. The van der Waals surface area contributed by atoms with Crippen molar-refractivity contribution in [3.05, 3.63) is 45.5 Å². The van der Waals surface area contributed by atoms with Crippen LogP contribution >= 0.6 is 0 Å². The highest BCUT2D eigenvalue weighted by molar-refractivity contribution is 6.26. The van der Waals surface area contributed by atoms with E-state index in [2.05, 4.69) is 6.92 Å². The molecule has 1 aromatic carbocycles. The van der Waals surface area contributed by atoms with E-state index < -0.39 is 0 Å². The Hall–Kier alpha value is -1.70. The highest BCUT2D eigenvalue weighted by atomic mass is 16.1. The van der Waals surface area contributed by atoms with Gasteiger partial charge in [-0.2, -0.15) is 0 Å². The molecule has 0 N–H and O–H groups in total. The summed E-state index contributed by atoms with van der Waals surface area (Å²) >= 11 is 0. The predicted octanol–water partition coefficient (Wildman–Crippen LogP) is 4.19. The van der Waals surface area contributed by atoms with Crippen LogP contribution in [0.5, 0.6) is 0 Å². The number of carbonyl (C=O) groups excluding carboxylic acids is 2. The maximum Gasteiger partial charge on any atom is 0.190 e. The molecule has 0 radical (unpaired) electrons. The lowest BCUT2D eigenvalue weighted by atomic mass is 9.81. The number of carbonyl (C=O) groups is 2. The fraction of sp³-hybridized carbons (Fsp3) is 0.412. The van der Waals surface area contributed by atoms with Gasteiger partial charge >= 0.3 is 0 Å². The number of hydrogen-bond donors (Lipinski definition) is 0. The van der Waals surface area contributed by atoms with E-state index in [9.17, 15) is 9.59 Å². The van der Waals surface area contributed by atoms with Gasteiger partial charge in [0.15, 0.2) is 11.6 Å². The molecule has 1 aliphatic carbocycles. The lowest BCUT2D eigenvalue weighted by molar-refractivity contribution is 0.0971. The molecule has 1 aromatic rings. The third-order valence-corrected chi connectivity index (χ3v) is 3.97. The molecule has 0 bridgehead atoms. The van der Waals surface area contributed by atoms with Gasteiger partial charge in [0.05, 0.1) is 0 Å². The normalized spacial score (nSPS) is 14.9. The Morgan fingerprint density at radius 1 is 0.895 bits per heavy atom. The van der Waals surface area contributed by atoms with Crippen molar-refractivity contribution in [2.24, 2.45) is 0 Å². The molecule has 0 atom stereocenters. The second-order valence-electron chi connectivity index (χ2n) is 5.35. The minimum atomic E-state index is 0.0174. The second kappa shape index (κ2) is 5.12. The Morgan fingerprint density at radius 2 is 1.42 bits per heavy atom. The lowest BCUT2D eigenvalue weighted by Crippen LogP contribution is -2.21. The smallest absolute Gasteiger partial charge is 0.190 e. The lowest BCUT2D eigenvalue weighted by Gasteiger charge is -2.20. The second-order valence-corrected chi connectivity index (χ2v) is 5.35.